The van der Waals surface area contributed by atoms with E-state index < -0.39 is 0 Å². The van der Waals surface area contributed by atoms with E-state index in [1.165, 1.54) is 0 Å². The van der Waals surface area contributed by atoms with Crippen molar-refractivity contribution in [3.05, 3.63) is 16.1 Å². The first kappa shape index (κ1) is 14.6. The van der Waals surface area contributed by atoms with E-state index in [9.17, 15) is 0 Å². The van der Waals surface area contributed by atoms with Crippen molar-refractivity contribution in [3.8, 4) is 0 Å². The Hall–Kier alpha value is -0.490. The van der Waals surface area contributed by atoms with Gasteiger partial charge in [0.05, 0.1) is 5.01 Å². The van der Waals surface area contributed by atoms with E-state index in [1.54, 1.807) is 11.3 Å². The number of thiazole rings is 1. The van der Waals surface area contributed by atoms with Crippen molar-refractivity contribution in [3.63, 3.8) is 0 Å². The Bertz CT molecular complexity index is 350. The van der Waals surface area contributed by atoms with E-state index in [0.29, 0.717) is 0 Å². The van der Waals surface area contributed by atoms with Gasteiger partial charge >= 0.3 is 0 Å². The molecule has 5 heteroatoms. The smallest absolute Gasteiger partial charge is 0.0944 e. The Balaban J connectivity index is 2.83. The van der Waals surface area contributed by atoms with Crippen LogP contribution in [0.2, 0.25) is 0 Å². The maximum atomic E-state index is 5.73. The highest BCUT2D eigenvalue weighted by Crippen LogP contribution is 2.24. The number of likely N-dealkylation sites (N-methyl/N-ethyl adjacent to an activating group) is 1. The molecular formula is C12H24N4S. The predicted molar refractivity (Wildman–Crippen MR) is 74.0 cm³/mol. The van der Waals surface area contributed by atoms with Gasteiger partial charge in [0.15, 0.2) is 0 Å². The van der Waals surface area contributed by atoms with Crippen LogP contribution in [-0.2, 0) is 6.42 Å². The van der Waals surface area contributed by atoms with E-state index in [1.807, 2.05) is 6.92 Å². The zero-order valence-electron chi connectivity index (χ0n) is 11.4. The third kappa shape index (κ3) is 3.25. The van der Waals surface area contributed by atoms with Crippen molar-refractivity contribution in [2.24, 2.45) is 5.84 Å². The van der Waals surface area contributed by atoms with Gasteiger partial charge in [-0.3, -0.25) is 11.3 Å². The molecule has 0 fully saturated rings. The van der Waals surface area contributed by atoms with Crippen LogP contribution in [0.25, 0.3) is 0 Å². The summed E-state index contributed by atoms with van der Waals surface area (Å²) < 4.78 is 0. The molecule has 0 bridgehead atoms. The molecule has 0 aromatic carbocycles. The zero-order valence-corrected chi connectivity index (χ0v) is 12.3. The molecule has 3 N–H and O–H groups in total. The minimum Gasteiger partial charge on any atom is -0.302 e. The summed E-state index contributed by atoms with van der Waals surface area (Å²) in [6.45, 7) is 6.45. The Morgan fingerprint density at radius 2 is 2.24 bits per heavy atom. The standard InChI is InChI=1S/C12H24N4S/c1-6-12(3,16(4)5)10(15-13)7-11-14-9(2)8-17-11/h8,10,15H,6-7,13H2,1-5H3. The van der Waals surface area contributed by atoms with Gasteiger partial charge in [0.25, 0.3) is 0 Å². The lowest BCUT2D eigenvalue weighted by molar-refractivity contribution is 0.112. The fourth-order valence-electron chi connectivity index (χ4n) is 2.00. The largest absolute Gasteiger partial charge is 0.302 e. The maximum absolute atomic E-state index is 5.73. The summed E-state index contributed by atoms with van der Waals surface area (Å²) in [6.07, 6.45) is 1.91. The summed E-state index contributed by atoms with van der Waals surface area (Å²) >= 11 is 1.71. The van der Waals surface area contributed by atoms with Gasteiger partial charge in [-0.25, -0.2) is 4.98 Å². The summed E-state index contributed by atoms with van der Waals surface area (Å²) in [5, 5.41) is 3.23. The molecule has 1 heterocycles. The minimum absolute atomic E-state index is 0.0360. The lowest BCUT2D eigenvalue weighted by atomic mass is 9.86. The molecule has 98 valence electrons. The first-order valence-electron chi connectivity index (χ1n) is 5.98. The van der Waals surface area contributed by atoms with Crippen LogP contribution in [0.1, 0.15) is 31.0 Å². The molecule has 0 spiro atoms. The van der Waals surface area contributed by atoms with Crippen molar-refractivity contribution >= 4 is 11.3 Å². The highest BCUT2D eigenvalue weighted by molar-refractivity contribution is 7.09. The average Bonchev–Trinajstić information content (AvgIpc) is 2.70. The minimum atomic E-state index is 0.0360. The van der Waals surface area contributed by atoms with Crippen LogP contribution in [-0.4, -0.2) is 35.6 Å². The van der Waals surface area contributed by atoms with Crippen molar-refractivity contribution in [1.82, 2.24) is 15.3 Å². The maximum Gasteiger partial charge on any atom is 0.0944 e. The van der Waals surface area contributed by atoms with Crippen LogP contribution < -0.4 is 11.3 Å². The Kier molecular flexibility index (Phi) is 5.06. The molecule has 2 unspecified atom stereocenters. The van der Waals surface area contributed by atoms with E-state index >= 15 is 0 Å². The Morgan fingerprint density at radius 3 is 2.59 bits per heavy atom. The molecule has 4 nitrogen and oxygen atoms in total. The van der Waals surface area contributed by atoms with E-state index in [2.05, 4.69) is 48.6 Å². The molecule has 17 heavy (non-hydrogen) atoms. The van der Waals surface area contributed by atoms with E-state index in [-0.39, 0.29) is 11.6 Å². The number of nitrogens with two attached hydrogens (primary N) is 1. The summed E-state index contributed by atoms with van der Waals surface area (Å²) in [4.78, 5) is 6.74. The molecule has 0 amide bonds. The average molecular weight is 256 g/mol. The number of rotatable bonds is 6. The van der Waals surface area contributed by atoms with Gasteiger partial charge in [0, 0.05) is 29.1 Å². The number of hydrazine groups is 1. The molecule has 1 aromatic rings. The van der Waals surface area contributed by atoms with Gasteiger partial charge in [0.1, 0.15) is 0 Å². The molecule has 1 aromatic heterocycles. The van der Waals surface area contributed by atoms with Crippen LogP contribution in [0.5, 0.6) is 0 Å². The normalized spacial score (nSPS) is 17.1. The van der Waals surface area contributed by atoms with Crippen molar-refractivity contribution in [2.45, 2.75) is 45.2 Å². The second kappa shape index (κ2) is 5.91. The number of nitrogens with one attached hydrogen (secondary N) is 1. The van der Waals surface area contributed by atoms with Gasteiger partial charge in [-0.05, 0) is 34.4 Å². The second-order valence-electron chi connectivity index (χ2n) is 4.91. The Labute approximate surface area is 108 Å². The van der Waals surface area contributed by atoms with E-state index in [4.69, 9.17) is 5.84 Å². The molecule has 0 saturated heterocycles. The zero-order chi connectivity index (χ0) is 13.1. The monoisotopic (exact) mass is 256 g/mol. The molecule has 0 aliphatic carbocycles. The topological polar surface area (TPSA) is 54.2 Å². The summed E-state index contributed by atoms with van der Waals surface area (Å²) in [5.74, 6) is 5.73. The number of aromatic nitrogens is 1. The lowest BCUT2D eigenvalue weighted by Crippen LogP contribution is -2.59. The Morgan fingerprint density at radius 1 is 1.59 bits per heavy atom. The summed E-state index contributed by atoms with van der Waals surface area (Å²) in [5.41, 5.74) is 4.08. The van der Waals surface area contributed by atoms with Crippen molar-refractivity contribution in [2.75, 3.05) is 14.1 Å². The number of nitrogens with zero attached hydrogens (tertiary/aromatic N) is 2. The van der Waals surface area contributed by atoms with E-state index in [0.717, 1.165) is 23.5 Å². The lowest BCUT2D eigenvalue weighted by Gasteiger charge is -2.42. The fourth-order valence-corrected chi connectivity index (χ4v) is 2.82. The van der Waals surface area contributed by atoms with Crippen LogP contribution in [0.4, 0.5) is 0 Å². The highest BCUT2D eigenvalue weighted by atomic mass is 32.1. The van der Waals surface area contributed by atoms with Crippen LogP contribution in [0, 0.1) is 6.92 Å². The fraction of sp³-hybridized carbons (Fsp3) is 0.750. The van der Waals surface area contributed by atoms with Crippen LogP contribution in [0.3, 0.4) is 0 Å². The first-order valence-corrected chi connectivity index (χ1v) is 6.86. The van der Waals surface area contributed by atoms with Gasteiger partial charge in [-0.1, -0.05) is 6.92 Å². The SMILES string of the molecule is CCC(C)(C(Cc1nc(C)cs1)NN)N(C)C. The van der Waals surface area contributed by atoms with Gasteiger partial charge in [0.2, 0.25) is 0 Å². The molecule has 1 rings (SSSR count). The molecule has 0 saturated carbocycles. The van der Waals surface area contributed by atoms with Crippen molar-refractivity contribution in [1.29, 1.82) is 0 Å². The molecule has 2 atom stereocenters. The third-order valence-electron chi connectivity index (χ3n) is 3.73. The van der Waals surface area contributed by atoms with Crippen molar-refractivity contribution < 1.29 is 0 Å². The quantitative estimate of drug-likeness (QED) is 0.599. The molecule has 0 radical (unpaired) electrons. The second-order valence-corrected chi connectivity index (χ2v) is 5.85. The van der Waals surface area contributed by atoms with Gasteiger partial charge in [-0.2, -0.15) is 0 Å². The summed E-state index contributed by atoms with van der Waals surface area (Å²) in [7, 11) is 4.20. The number of hydrogen-bond acceptors (Lipinski definition) is 5. The number of aryl methyl sites for hydroxylation is 1. The first-order chi connectivity index (χ1) is 7.93. The number of hydrogen-bond donors (Lipinski definition) is 2. The van der Waals surface area contributed by atoms with Crippen LogP contribution >= 0.6 is 11.3 Å². The third-order valence-corrected chi connectivity index (χ3v) is 4.72. The summed E-state index contributed by atoms with van der Waals surface area (Å²) in [6, 6.07) is 0.202. The predicted octanol–water partition coefficient (Wildman–Crippen LogP) is 1.56. The van der Waals surface area contributed by atoms with Gasteiger partial charge in [-0.15, -0.1) is 11.3 Å². The van der Waals surface area contributed by atoms with Gasteiger partial charge < -0.3 is 4.90 Å². The molecular weight excluding hydrogens is 232 g/mol. The molecule has 0 aliphatic heterocycles. The van der Waals surface area contributed by atoms with Crippen LogP contribution in [0.15, 0.2) is 5.38 Å². The highest BCUT2D eigenvalue weighted by Gasteiger charge is 2.34. The molecule has 0 aliphatic rings.